The number of carboxylic acids is 1. The molecule has 1 heterocycles. The van der Waals surface area contributed by atoms with Gasteiger partial charge in [-0.1, -0.05) is 49.6 Å². The Labute approximate surface area is 185 Å². The summed E-state index contributed by atoms with van der Waals surface area (Å²) in [6.45, 7) is 1.17. The second kappa shape index (κ2) is 13.2. The number of aryl methyl sites for hydroxylation is 1. The summed E-state index contributed by atoms with van der Waals surface area (Å²) in [4.78, 5) is 38.4. The zero-order valence-corrected chi connectivity index (χ0v) is 18.4. The summed E-state index contributed by atoms with van der Waals surface area (Å²) in [6, 6.07) is 8.82. The maximum Gasteiger partial charge on any atom is 0.304 e. The van der Waals surface area contributed by atoms with E-state index in [2.05, 4.69) is 0 Å². The second-order valence-corrected chi connectivity index (χ2v) is 8.52. The number of hydrogen-bond donors (Lipinski definition) is 3. The van der Waals surface area contributed by atoms with Crippen LogP contribution in [-0.4, -0.2) is 52.8 Å². The Kier molecular flexibility index (Phi) is 10.7. The van der Waals surface area contributed by atoms with Gasteiger partial charge in [0.1, 0.15) is 0 Å². The minimum absolute atomic E-state index is 0.0411. The van der Waals surface area contributed by atoms with Crippen LogP contribution in [0.1, 0.15) is 63.4 Å². The van der Waals surface area contributed by atoms with Crippen molar-refractivity contribution in [2.75, 3.05) is 13.1 Å². The molecule has 5 N–H and O–H groups in total. The largest absolute Gasteiger partial charge is 0.481 e. The van der Waals surface area contributed by atoms with Gasteiger partial charge in [0, 0.05) is 13.0 Å². The zero-order chi connectivity index (χ0) is 22.6. The molecule has 1 fully saturated rings. The Balaban J connectivity index is 1.92. The average Bonchev–Trinajstić information content (AvgIpc) is 3.05. The summed E-state index contributed by atoms with van der Waals surface area (Å²) in [5.74, 6) is -1.83. The number of rotatable bonds is 15. The first-order chi connectivity index (χ1) is 14.9. The molecule has 1 aliphatic rings. The van der Waals surface area contributed by atoms with E-state index in [1.807, 2.05) is 30.3 Å². The SMILES string of the molecule is NCCCCCCCC(=O)C(N)[C@@H]1C[C@@H](CC(=O)O)C(=O)N1CCCc1ccccc1. The predicted molar refractivity (Wildman–Crippen MR) is 120 cm³/mol. The van der Waals surface area contributed by atoms with Crippen molar-refractivity contribution in [2.24, 2.45) is 17.4 Å². The van der Waals surface area contributed by atoms with Gasteiger partial charge in [0.15, 0.2) is 5.78 Å². The summed E-state index contributed by atoms with van der Waals surface area (Å²) in [5, 5.41) is 9.16. The van der Waals surface area contributed by atoms with E-state index in [4.69, 9.17) is 16.6 Å². The first-order valence-electron chi connectivity index (χ1n) is 11.5. The van der Waals surface area contributed by atoms with E-state index < -0.39 is 24.0 Å². The molecule has 7 heteroatoms. The first kappa shape index (κ1) is 25.0. The van der Waals surface area contributed by atoms with Gasteiger partial charge in [0.05, 0.1) is 24.4 Å². The van der Waals surface area contributed by atoms with Gasteiger partial charge in [-0.05, 0) is 44.2 Å². The molecule has 31 heavy (non-hydrogen) atoms. The Bertz CT molecular complexity index is 710. The molecular formula is C24H37N3O4. The van der Waals surface area contributed by atoms with Crippen LogP contribution in [0.3, 0.4) is 0 Å². The second-order valence-electron chi connectivity index (χ2n) is 8.52. The molecule has 172 valence electrons. The summed E-state index contributed by atoms with van der Waals surface area (Å²) in [6.07, 6.45) is 6.94. The van der Waals surface area contributed by atoms with Gasteiger partial charge in [-0.25, -0.2) is 0 Å². The molecule has 1 aromatic carbocycles. The molecule has 1 saturated heterocycles. The smallest absolute Gasteiger partial charge is 0.304 e. The molecule has 0 radical (unpaired) electrons. The van der Waals surface area contributed by atoms with Crippen LogP contribution in [0.15, 0.2) is 30.3 Å². The van der Waals surface area contributed by atoms with Crippen molar-refractivity contribution in [1.29, 1.82) is 0 Å². The average molecular weight is 432 g/mol. The Morgan fingerprint density at radius 3 is 2.42 bits per heavy atom. The van der Waals surface area contributed by atoms with E-state index in [9.17, 15) is 14.4 Å². The number of carbonyl (C=O) groups is 3. The summed E-state index contributed by atoms with van der Waals surface area (Å²) >= 11 is 0. The lowest BCUT2D eigenvalue weighted by molar-refractivity contribution is -0.142. The maximum atomic E-state index is 12.9. The highest BCUT2D eigenvalue weighted by Gasteiger charge is 2.44. The van der Waals surface area contributed by atoms with Crippen molar-refractivity contribution >= 4 is 17.7 Å². The molecule has 1 unspecified atom stereocenters. The molecule has 0 spiro atoms. The number of nitrogens with zero attached hydrogens (tertiary/aromatic N) is 1. The molecular weight excluding hydrogens is 394 g/mol. The number of likely N-dealkylation sites (tertiary alicyclic amines) is 1. The number of unbranched alkanes of at least 4 members (excludes halogenated alkanes) is 4. The lowest BCUT2D eigenvalue weighted by Crippen LogP contribution is -2.50. The highest BCUT2D eigenvalue weighted by Crippen LogP contribution is 2.30. The van der Waals surface area contributed by atoms with Gasteiger partial charge >= 0.3 is 5.97 Å². The van der Waals surface area contributed by atoms with E-state index in [1.165, 1.54) is 5.56 Å². The third kappa shape index (κ3) is 8.07. The lowest BCUT2D eigenvalue weighted by Gasteiger charge is -2.29. The minimum atomic E-state index is -0.999. The van der Waals surface area contributed by atoms with E-state index in [0.29, 0.717) is 25.9 Å². The number of carbonyl (C=O) groups excluding carboxylic acids is 2. The third-order valence-electron chi connectivity index (χ3n) is 6.10. The topological polar surface area (TPSA) is 127 Å². The fourth-order valence-electron chi connectivity index (χ4n) is 4.37. The quantitative estimate of drug-likeness (QED) is 0.366. The number of aliphatic carboxylic acids is 1. The normalized spacial score (nSPS) is 19.5. The van der Waals surface area contributed by atoms with Gasteiger partial charge in [-0.15, -0.1) is 0 Å². The third-order valence-corrected chi connectivity index (χ3v) is 6.10. The fraction of sp³-hybridized carbons (Fsp3) is 0.625. The molecule has 3 atom stereocenters. The van der Waals surface area contributed by atoms with Crippen molar-refractivity contribution < 1.29 is 19.5 Å². The molecule has 0 aliphatic carbocycles. The van der Waals surface area contributed by atoms with Crippen LogP contribution in [0.2, 0.25) is 0 Å². The standard InChI is InChI=1S/C24H37N3O4/c25-14-8-3-1-2-7-13-21(28)23(26)20-16-19(17-22(29)30)24(31)27(20)15-9-12-18-10-5-4-6-11-18/h4-6,10-11,19-20,23H,1-3,7-9,12-17,25-26H2,(H,29,30)/t19-,20-,23?/m0/s1. The Morgan fingerprint density at radius 1 is 1.06 bits per heavy atom. The zero-order valence-electron chi connectivity index (χ0n) is 18.4. The summed E-state index contributed by atoms with van der Waals surface area (Å²) in [7, 11) is 0. The number of hydrogen-bond acceptors (Lipinski definition) is 5. The minimum Gasteiger partial charge on any atom is -0.481 e. The predicted octanol–water partition coefficient (Wildman–Crippen LogP) is 2.51. The van der Waals surface area contributed by atoms with Gasteiger partial charge < -0.3 is 21.5 Å². The van der Waals surface area contributed by atoms with Gasteiger partial charge in [-0.2, -0.15) is 0 Å². The van der Waals surface area contributed by atoms with Crippen molar-refractivity contribution in [3.05, 3.63) is 35.9 Å². The highest BCUT2D eigenvalue weighted by atomic mass is 16.4. The molecule has 0 aromatic heterocycles. The fourth-order valence-corrected chi connectivity index (χ4v) is 4.37. The van der Waals surface area contributed by atoms with Crippen molar-refractivity contribution in [3.63, 3.8) is 0 Å². The van der Waals surface area contributed by atoms with Crippen LogP contribution in [0.5, 0.6) is 0 Å². The number of Topliss-reactive ketones (excluding diaryl/α,β-unsaturated/α-hetero) is 1. The van der Waals surface area contributed by atoms with Crippen LogP contribution < -0.4 is 11.5 Å². The van der Waals surface area contributed by atoms with Crippen LogP contribution in [0.4, 0.5) is 0 Å². The molecule has 1 aliphatic heterocycles. The van der Waals surface area contributed by atoms with E-state index in [0.717, 1.165) is 44.9 Å². The molecule has 1 amide bonds. The molecule has 0 saturated carbocycles. The Morgan fingerprint density at radius 2 is 1.74 bits per heavy atom. The summed E-state index contributed by atoms with van der Waals surface area (Å²) in [5.41, 5.74) is 13.0. The van der Waals surface area contributed by atoms with Crippen LogP contribution in [0, 0.1) is 5.92 Å². The van der Waals surface area contributed by atoms with Crippen molar-refractivity contribution in [3.8, 4) is 0 Å². The molecule has 2 rings (SSSR count). The summed E-state index contributed by atoms with van der Waals surface area (Å²) < 4.78 is 0. The first-order valence-corrected chi connectivity index (χ1v) is 11.5. The van der Waals surface area contributed by atoms with E-state index >= 15 is 0 Å². The Hall–Kier alpha value is -2.25. The monoisotopic (exact) mass is 431 g/mol. The van der Waals surface area contributed by atoms with Crippen molar-refractivity contribution in [1.82, 2.24) is 4.90 Å². The molecule has 7 nitrogen and oxygen atoms in total. The van der Waals surface area contributed by atoms with Gasteiger partial charge in [0.2, 0.25) is 5.91 Å². The van der Waals surface area contributed by atoms with Crippen LogP contribution >= 0.6 is 0 Å². The molecule has 1 aromatic rings. The van der Waals surface area contributed by atoms with E-state index in [1.54, 1.807) is 4.90 Å². The lowest BCUT2D eigenvalue weighted by atomic mass is 9.94. The number of amides is 1. The van der Waals surface area contributed by atoms with Crippen LogP contribution in [0.25, 0.3) is 0 Å². The number of ketones is 1. The van der Waals surface area contributed by atoms with E-state index in [-0.39, 0.29) is 18.1 Å². The number of carboxylic acid groups (broad SMARTS) is 1. The maximum absolute atomic E-state index is 12.9. The van der Waals surface area contributed by atoms with Crippen molar-refractivity contribution in [2.45, 2.75) is 76.3 Å². The molecule has 0 bridgehead atoms. The van der Waals surface area contributed by atoms with Crippen LogP contribution in [-0.2, 0) is 20.8 Å². The number of nitrogens with two attached hydrogens (primary N) is 2. The van der Waals surface area contributed by atoms with Gasteiger partial charge in [-0.3, -0.25) is 14.4 Å². The number of benzene rings is 1. The van der Waals surface area contributed by atoms with Gasteiger partial charge in [0.25, 0.3) is 0 Å². The highest BCUT2D eigenvalue weighted by molar-refractivity contribution is 5.89.